The van der Waals surface area contributed by atoms with Crippen LogP contribution in [0.2, 0.25) is 0 Å². The molecule has 0 N–H and O–H groups in total. The summed E-state index contributed by atoms with van der Waals surface area (Å²) in [4.78, 5) is 9.59. The zero-order valence-electron chi connectivity index (χ0n) is 8.28. The number of nitro benzene ring substituents is 1. The fourth-order valence-corrected chi connectivity index (χ4v) is 1.17. The smallest absolute Gasteiger partial charge is 0.258 e. The Morgan fingerprint density at radius 1 is 1.35 bits per heavy atom. The molecule has 0 amide bonds. The Bertz CT molecular complexity index is 502. The van der Waals surface area contributed by atoms with E-state index in [1.54, 1.807) is 0 Å². The first-order chi connectivity index (χ1) is 7.84. The summed E-state index contributed by atoms with van der Waals surface area (Å²) >= 11 is 3.77. The number of hydrogen-bond acceptors (Lipinski definition) is 3. The van der Waals surface area contributed by atoms with E-state index in [4.69, 9.17) is 0 Å². The first kappa shape index (κ1) is 13.4. The van der Waals surface area contributed by atoms with Gasteiger partial charge in [0.05, 0.1) is 16.2 Å². The van der Waals surface area contributed by atoms with Crippen molar-refractivity contribution < 1.29 is 18.1 Å². The Balaban J connectivity index is 3.34. The summed E-state index contributed by atoms with van der Waals surface area (Å²) in [5, 5.41) is 10.5. The van der Waals surface area contributed by atoms with E-state index < -0.39 is 22.4 Å². The SMILES string of the molecule is O=[N+]([O-])c1cc(C#CCS)cc(C(F)(F)F)c1. The first-order valence-corrected chi connectivity index (χ1v) is 4.94. The average Bonchev–Trinajstić information content (AvgIpc) is 2.24. The third-order valence-electron chi connectivity index (χ3n) is 1.77. The normalized spacial score (nSPS) is 10.6. The minimum atomic E-state index is -4.64. The van der Waals surface area contributed by atoms with Crippen LogP contribution in [0.5, 0.6) is 0 Å². The van der Waals surface area contributed by atoms with Crippen molar-refractivity contribution in [2.24, 2.45) is 0 Å². The standard InChI is InChI=1S/C10H6F3NO2S/c11-10(12,13)8-4-7(2-1-3-17)5-9(6-8)14(15)16/h4-6,17H,3H2. The summed E-state index contributed by atoms with van der Waals surface area (Å²) in [6.45, 7) is 0. The molecule has 0 atom stereocenters. The molecule has 7 heteroatoms. The van der Waals surface area contributed by atoms with Crippen LogP contribution in [-0.4, -0.2) is 10.7 Å². The maximum absolute atomic E-state index is 12.4. The van der Waals surface area contributed by atoms with E-state index in [0.717, 1.165) is 12.1 Å². The molecule has 0 aliphatic carbocycles. The number of hydrogen-bond donors (Lipinski definition) is 1. The number of halogens is 3. The number of nitrogens with zero attached hydrogens (tertiary/aromatic N) is 1. The number of benzene rings is 1. The van der Waals surface area contributed by atoms with Gasteiger partial charge in [-0.1, -0.05) is 11.8 Å². The van der Waals surface area contributed by atoms with Gasteiger partial charge in [0, 0.05) is 17.7 Å². The summed E-state index contributed by atoms with van der Waals surface area (Å²) < 4.78 is 37.3. The molecule has 90 valence electrons. The second-order valence-corrected chi connectivity index (χ2v) is 3.30. The molecule has 1 aromatic rings. The lowest BCUT2D eigenvalue weighted by molar-refractivity contribution is -0.385. The molecule has 0 heterocycles. The highest BCUT2D eigenvalue weighted by molar-refractivity contribution is 7.80. The number of nitro groups is 1. The van der Waals surface area contributed by atoms with Crippen molar-refractivity contribution in [3.05, 3.63) is 39.4 Å². The molecule has 0 saturated heterocycles. The van der Waals surface area contributed by atoms with Gasteiger partial charge in [-0.05, 0) is 6.07 Å². The lowest BCUT2D eigenvalue weighted by atomic mass is 10.1. The summed E-state index contributed by atoms with van der Waals surface area (Å²) in [7, 11) is 0. The van der Waals surface area contributed by atoms with Gasteiger partial charge in [0.15, 0.2) is 0 Å². The van der Waals surface area contributed by atoms with Crippen LogP contribution in [0.4, 0.5) is 18.9 Å². The van der Waals surface area contributed by atoms with Gasteiger partial charge < -0.3 is 0 Å². The number of alkyl halides is 3. The molecule has 0 aromatic heterocycles. The summed E-state index contributed by atoms with van der Waals surface area (Å²) in [5.74, 6) is 4.96. The Morgan fingerprint density at radius 2 is 2.00 bits per heavy atom. The molecule has 0 unspecified atom stereocenters. The maximum atomic E-state index is 12.4. The summed E-state index contributed by atoms with van der Waals surface area (Å²) in [6.07, 6.45) is -4.64. The number of non-ortho nitro benzene ring substituents is 1. The van der Waals surface area contributed by atoms with Crippen molar-refractivity contribution in [1.29, 1.82) is 0 Å². The molecule has 0 aliphatic heterocycles. The number of rotatable bonds is 1. The van der Waals surface area contributed by atoms with Crippen molar-refractivity contribution >= 4 is 18.3 Å². The third-order valence-corrected chi connectivity index (χ3v) is 1.93. The van der Waals surface area contributed by atoms with E-state index in [-0.39, 0.29) is 11.3 Å². The largest absolute Gasteiger partial charge is 0.416 e. The van der Waals surface area contributed by atoms with Crippen LogP contribution in [0.3, 0.4) is 0 Å². The van der Waals surface area contributed by atoms with E-state index in [1.807, 2.05) is 0 Å². The van der Waals surface area contributed by atoms with E-state index in [2.05, 4.69) is 24.5 Å². The quantitative estimate of drug-likeness (QED) is 0.365. The topological polar surface area (TPSA) is 43.1 Å². The molecule has 17 heavy (non-hydrogen) atoms. The van der Waals surface area contributed by atoms with Crippen molar-refractivity contribution in [2.75, 3.05) is 5.75 Å². The van der Waals surface area contributed by atoms with E-state index in [1.165, 1.54) is 0 Å². The molecule has 3 nitrogen and oxygen atoms in total. The van der Waals surface area contributed by atoms with Crippen LogP contribution in [0.1, 0.15) is 11.1 Å². The second kappa shape index (κ2) is 5.10. The minimum absolute atomic E-state index is 0.0550. The van der Waals surface area contributed by atoms with Crippen LogP contribution in [0, 0.1) is 22.0 Å². The monoisotopic (exact) mass is 261 g/mol. The van der Waals surface area contributed by atoms with Crippen LogP contribution in [0.25, 0.3) is 0 Å². The van der Waals surface area contributed by atoms with Crippen molar-refractivity contribution in [2.45, 2.75) is 6.18 Å². The molecule has 0 saturated carbocycles. The molecule has 0 fully saturated rings. The average molecular weight is 261 g/mol. The van der Waals surface area contributed by atoms with Gasteiger partial charge in [-0.15, -0.1) is 0 Å². The molecule has 0 radical (unpaired) electrons. The highest BCUT2D eigenvalue weighted by Gasteiger charge is 2.32. The fraction of sp³-hybridized carbons (Fsp3) is 0.200. The van der Waals surface area contributed by atoms with Crippen LogP contribution < -0.4 is 0 Å². The van der Waals surface area contributed by atoms with Gasteiger partial charge in [0.1, 0.15) is 0 Å². The third kappa shape index (κ3) is 3.67. The minimum Gasteiger partial charge on any atom is -0.258 e. The zero-order valence-corrected chi connectivity index (χ0v) is 9.18. The van der Waals surface area contributed by atoms with Gasteiger partial charge in [-0.3, -0.25) is 10.1 Å². The summed E-state index contributed by atoms with van der Waals surface area (Å²) in [6, 6.07) is 2.24. The van der Waals surface area contributed by atoms with E-state index >= 15 is 0 Å². The lowest BCUT2D eigenvalue weighted by Gasteiger charge is -2.06. The van der Waals surface area contributed by atoms with Crippen molar-refractivity contribution in [3.8, 4) is 11.8 Å². The summed E-state index contributed by atoms with van der Waals surface area (Å²) in [5.41, 5.74) is -1.78. The Labute approximate surface area is 100 Å². The predicted molar refractivity (Wildman–Crippen MR) is 58.8 cm³/mol. The van der Waals surface area contributed by atoms with Crippen LogP contribution in [0.15, 0.2) is 18.2 Å². The van der Waals surface area contributed by atoms with E-state index in [0.29, 0.717) is 6.07 Å². The molecular weight excluding hydrogens is 255 g/mol. The van der Waals surface area contributed by atoms with Crippen LogP contribution in [-0.2, 0) is 6.18 Å². The highest BCUT2D eigenvalue weighted by atomic mass is 32.1. The molecule has 0 aliphatic rings. The van der Waals surface area contributed by atoms with Gasteiger partial charge in [0.25, 0.3) is 5.69 Å². The molecular formula is C10H6F3NO2S. The van der Waals surface area contributed by atoms with Gasteiger partial charge in [0.2, 0.25) is 0 Å². The predicted octanol–water partition coefficient (Wildman–Crippen LogP) is 2.89. The van der Waals surface area contributed by atoms with E-state index in [9.17, 15) is 23.3 Å². The second-order valence-electron chi connectivity index (χ2n) is 2.98. The molecule has 1 aromatic carbocycles. The molecule has 0 bridgehead atoms. The number of thiol groups is 1. The maximum Gasteiger partial charge on any atom is 0.416 e. The van der Waals surface area contributed by atoms with Gasteiger partial charge in [-0.2, -0.15) is 25.8 Å². The molecule has 0 spiro atoms. The van der Waals surface area contributed by atoms with Crippen LogP contribution >= 0.6 is 12.6 Å². The first-order valence-electron chi connectivity index (χ1n) is 4.31. The fourth-order valence-electron chi connectivity index (χ4n) is 1.09. The highest BCUT2D eigenvalue weighted by Crippen LogP contribution is 2.32. The zero-order chi connectivity index (χ0) is 13.1. The Kier molecular flexibility index (Phi) is 4.02. The van der Waals surface area contributed by atoms with Gasteiger partial charge in [-0.25, -0.2) is 0 Å². The Morgan fingerprint density at radius 3 is 2.47 bits per heavy atom. The Hall–Kier alpha value is -1.68. The van der Waals surface area contributed by atoms with Gasteiger partial charge >= 0.3 is 6.18 Å². The van der Waals surface area contributed by atoms with Crippen molar-refractivity contribution in [3.63, 3.8) is 0 Å². The lowest BCUT2D eigenvalue weighted by Crippen LogP contribution is -2.06. The van der Waals surface area contributed by atoms with Crippen molar-refractivity contribution in [1.82, 2.24) is 0 Å². The molecule has 1 rings (SSSR count).